The number of hydrogen-bond donors (Lipinski definition) is 0. The van der Waals surface area contributed by atoms with E-state index in [1.807, 2.05) is 0 Å². The van der Waals surface area contributed by atoms with Crippen molar-refractivity contribution in [3.63, 3.8) is 0 Å². The highest BCUT2D eigenvalue weighted by Crippen LogP contribution is 2.28. The summed E-state index contributed by atoms with van der Waals surface area (Å²) < 4.78 is 34.8. The van der Waals surface area contributed by atoms with Gasteiger partial charge >= 0.3 is 11.9 Å². The van der Waals surface area contributed by atoms with Crippen molar-refractivity contribution in [2.75, 3.05) is 19.1 Å². The second-order valence-electron chi connectivity index (χ2n) is 4.71. The first kappa shape index (κ1) is 17.4. The molecule has 7 heteroatoms. The van der Waals surface area contributed by atoms with Crippen LogP contribution in [0.25, 0.3) is 0 Å². The molecule has 5 nitrogen and oxygen atoms in total. The van der Waals surface area contributed by atoms with Crippen molar-refractivity contribution in [1.82, 2.24) is 0 Å². The van der Waals surface area contributed by atoms with Crippen molar-refractivity contribution >= 4 is 17.6 Å². The molecule has 1 aliphatic rings. The summed E-state index contributed by atoms with van der Waals surface area (Å²) >= 11 is 0. The second kappa shape index (κ2) is 7.54. The highest BCUT2D eigenvalue weighted by Gasteiger charge is 2.27. The summed E-state index contributed by atoms with van der Waals surface area (Å²) in [7, 11) is 2.37. The summed E-state index contributed by atoms with van der Waals surface area (Å²) in [5, 5.41) is 0. The fourth-order valence-electron chi connectivity index (χ4n) is 2.15. The van der Waals surface area contributed by atoms with Gasteiger partial charge < -0.3 is 14.4 Å². The summed E-state index contributed by atoms with van der Waals surface area (Å²) in [6.07, 6.45) is 3.50. The lowest BCUT2D eigenvalue weighted by atomic mass is 10.1. The molecule has 0 saturated heterocycles. The molecule has 1 heterocycles. The molecule has 0 spiro atoms. The molecule has 2 rings (SSSR count). The van der Waals surface area contributed by atoms with E-state index in [-0.39, 0.29) is 16.8 Å². The van der Waals surface area contributed by atoms with E-state index in [0.717, 1.165) is 0 Å². The number of methoxy groups -OCH3 is 2. The van der Waals surface area contributed by atoms with Gasteiger partial charge in [-0.15, -0.1) is 0 Å². The number of hydrogen-bond acceptors (Lipinski definition) is 5. The molecule has 0 N–H and O–H groups in total. The number of halogens is 2. The van der Waals surface area contributed by atoms with Gasteiger partial charge in [0.2, 0.25) is 0 Å². The molecule has 126 valence electrons. The van der Waals surface area contributed by atoms with E-state index in [0.29, 0.717) is 5.69 Å². The third-order valence-corrected chi connectivity index (χ3v) is 3.31. The minimum atomic E-state index is -2.60. The average Bonchev–Trinajstić information content (AvgIpc) is 2.83. The Labute approximate surface area is 137 Å². The van der Waals surface area contributed by atoms with Gasteiger partial charge in [-0.1, -0.05) is 18.2 Å². The normalized spacial score (nSPS) is 14.0. The zero-order valence-electron chi connectivity index (χ0n) is 13.0. The summed E-state index contributed by atoms with van der Waals surface area (Å²) in [5.74, 6) is -1.48. The fourth-order valence-corrected chi connectivity index (χ4v) is 2.15. The lowest BCUT2D eigenvalue weighted by Crippen LogP contribution is -2.26. The van der Waals surface area contributed by atoms with E-state index in [4.69, 9.17) is 9.47 Å². The monoisotopic (exact) mass is 335 g/mol. The number of carbonyl (C=O) groups excluding carboxylic acids is 2. The first-order chi connectivity index (χ1) is 11.5. The SMILES string of the molecule is COC(=O)C1=C(C(=O)OC)N(c2ccc(C(F)F)cc2)C=CC=C1. The predicted molar refractivity (Wildman–Crippen MR) is 83.2 cm³/mol. The number of carbonyl (C=O) groups is 2. The molecule has 0 radical (unpaired) electrons. The van der Waals surface area contributed by atoms with Crippen LogP contribution in [0.2, 0.25) is 0 Å². The van der Waals surface area contributed by atoms with Gasteiger partial charge in [0.1, 0.15) is 5.70 Å². The smallest absolute Gasteiger partial charge is 0.355 e. The average molecular weight is 335 g/mol. The van der Waals surface area contributed by atoms with Crippen LogP contribution in [0.4, 0.5) is 14.5 Å². The minimum absolute atomic E-state index is 0.00714. The van der Waals surface area contributed by atoms with Gasteiger partial charge in [-0.3, -0.25) is 0 Å². The highest BCUT2D eigenvalue weighted by molar-refractivity contribution is 6.05. The first-order valence-corrected chi connectivity index (χ1v) is 6.92. The topological polar surface area (TPSA) is 55.8 Å². The number of anilines is 1. The van der Waals surface area contributed by atoms with Crippen LogP contribution in [0.15, 0.2) is 60.0 Å². The molecule has 0 saturated carbocycles. The maximum absolute atomic E-state index is 12.7. The van der Waals surface area contributed by atoms with E-state index >= 15 is 0 Å². The Hall–Kier alpha value is -2.96. The van der Waals surface area contributed by atoms with E-state index in [2.05, 4.69) is 0 Å². The molecule has 1 aromatic carbocycles. The third-order valence-electron chi connectivity index (χ3n) is 3.31. The Morgan fingerprint density at radius 2 is 1.62 bits per heavy atom. The Bertz CT molecular complexity index is 721. The molecule has 0 fully saturated rings. The van der Waals surface area contributed by atoms with Gasteiger partial charge in [-0.25, -0.2) is 18.4 Å². The Morgan fingerprint density at radius 3 is 2.17 bits per heavy atom. The molecule has 0 amide bonds. The lowest BCUT2D eigenvalue weighted by Gasteiger charge is -2.23. The van der Waals surface area contributed by atoms with Crippen molar-refractivity contribution < 1.29 is 27.8 Å². The molecule has 0 aliphatic carbocycles. The summed E-state index contributed by atoms with van der Waals surface area (Å²) in [6, 6.07) is 5.35. The van der Waals surface area contributed by atoms with Gasteiger partial charge in [0.05, 0.1) is 19.8 Å². The van der Waals surface area contributed by atoms with Gasteiger partial charge in [0.15, 0.2) is 0 Å². The van der Waals surface area contributed by atoms with E-state index < -0.39 is 18.4 Å². The van der Waals surface area contributed by atoms with Crippen molar-refractivity contribution in [2.24, 2.45) is 0 Å². The Morgan fingerprint density at radius 1 is 1.00 bits per heavy atom. The van der Waals surface area contributed by atoms with Gasteiger partial charge in [-0.05, 0) is 24.3 Å². The van der Waals surface area contributed by atoms with Crippen molar-refractivity contribution in [1.29, 1.82) is 0 Å². The van der Waals surface area contributed by atoms with Gasteiger partial charge in [0.25, 0.3) is 6.43 Å². The van der Waals surface area contributed by atoms with Crippen LogP contribution in [0.5, 0.6) is 0 Å². The molecule has 1 aliphatic heterocycles. The maximum Gasteiger partial charge on any atom is 0.355 e. The van der Waals surface area contributed by atoms with Crippen LogP contribution >= 0.6 is 0 Å². The highest BCUT2D eigenvalue weighted by atomic mass is 19.3. The van der Waals surface area contributed by atoms with Gasteiger partial charge in [0, 0.05) is 17.5 Å². The maximum atomic E-state index is 12.7. The molecule has 0 aromatic heterocycles. The Kier molecular flexibility index (Phi) is 5.47. The number of ether oxygens (including phenoxy) is 2. The molecule has 0 unspecified atom stereocenters. The number of benzene rings is 1. The van der Waals surface area contributed by atoms with E-state index in [1.165, 1.54) is 55.7 Å². The van der Waals surface area contributed by atoms with Crippen LogP contribution in [0.3, 0.4) is 0 Å². The van der Waals surface area contributed by atoms with Crippen molar-refractivity contribution in [3.05, 3.63) is 65.5 Å². The van der Waals surface area contributed by atoms with Crippen LogP contribution in [0.1, 0.15) is 12.0 Å². The zero-order chi connectivity index (χ0) is 17.7. The van der Waals surface area contributed by atoms with Crippen molar-refractivity contribution in [3.8, 4) is 0 Å². The molecule has 0 bridgehead atoms. The van der Waals surface area contributed by atoms with E-state index in [1.54, 1.807) is 12.2 Å². The van der Waals surface area contributed by atoms with Crippen LogP contribution in [-0.2, 0) is 19.1 Å². The molecule has 1 aromatic rings. The van der Waals surface area contributed by atoms with E-state index in [9.17, 15) is 18.4 Å². The molecule has 0 atom stereocenters. The van der Waals surface area contributed by atoms with Crippen molar-refractivity contribution in [2.45, 2.75) is 6.43 Å². The number of rotatable bonds is 4. The summed E-state index contributed by atoms with van der Waals surface area (Å²) in [6.45, 7) is 0. The summed E-state index contributed by atoms with van der Waals surface area (Å²) in [5.41, 5.74) is 0.194. The predicted octanol–water partition coefficient (Wildman–Crippen LogP) is 3.11. The zero-order valence-corrected chi connectivity index (χ0v) is 13.0. The molecular weight excluding hydrogens is 320 g/mol. The fraction of sp³-hybridized carbons (Fsp3) is 0.176. The number of nitrogens with zero attached hydrogens (tertiary/aromatic N) is 1. The second-order valence-corrected chi connectivity index (χ2v) is 4.71. The molecule has 24 heavy (non-hydrogen) atoms. The number of allylic oxidation sites excluding steroid dienone is 2. The van der Waals surface area contributed by atoms with Crippen LogP contribution in [0, 0.1) is 0 Å². The first-order valence-electron chi connectivity index (χ1n) is 6.92. The minimum Gasteiger partial charge on any atom is -0.465 e. The van der Waals surface area contributed by atoms with Crippen LogP contribution in [-0.4, -0.2) is 26.2 Å². The Balaban J connectivity index is 2.56. The molecular formula is C17H15F2NO4. The quantitative estimate of drug-likeness (QED) is 0.792. The standard InChI is InChI=1S/C17H15F2NO4/c1-23-16(21)13-5-3-4-10-20(14(13)17(22)24-2)12-8-6-11(7-9-12)15(18)19/h3-10,15H,1-2H3. The third kappa shape index (κ3) is 3.51. The van der Waals surface area contributed by atoms with Crippen LogP contribution < -0.4 is 4.90 Å². The summed E-state index contributed by atoms with van der Waals surface area (Å²) in [4.78, 5) is 25.6. The largest absolute Gasteiger partial charge is 0.465 e. The lowest BCUT2D eigenvalue weighted by molar-refractivity contribution is -0.139. The number of esters is 2. The number of alkyl halides is 2. The van der Waals surface area contributed by atoms with Gasteiger partial charge in [-0.2, -0.15) is 0 Å².